The normalized spacial score (nSPS) is 26.1. The van der Waals surface area contributed by atoms with Crippen LogP contribution in [0.4, 0.5) is 5.82 Å². The van der Waals surface area contributed by atoms with Gasteiger partial charge in [-0.15, -0.1) is 0 Å². The van der Waals surface area contributed by atoms with Crippen LogP contribution in [0.5, 0.6) is 5.75 Å². The number of amides is 1. The van der Waals surface area contributed by atoms with Gasteiger partial charge in [0.25, 0.3) is 5.91 Å². The van der Waals surface area contributed by atoms with Crippen LogP contribution in [0.25, 0.3) is 0 Å². The van der Waals surface area contributed by atoms with Crippen LogP contribution < -0.4 is 15.4 Å². The highest BCUT2D eigenvalue weighted by Crippen LogP contribution is 2.26. The van der Waals surface area contributed by atoms with Crippen molar-refractivity contribution >= 4 is 17.7 Å². The molecule has 0 bridgehead atoms. The molecular weight excluding hydrogens is 302 g/mol. The second-order valence-electron chi connectivity index (χ2n) is 5.60. The second kappa shape index (κ2) is 5.98. The van der Waals surface area contributed by atoms with E-state index in [0.717, 1.165) is 5.69 Å². The number of carbonyl (C=O) groups is 2. The third-order valence-corrected chi connectivity index (χ3v) is 3.89. The van der Waals surface area contributed by atoms with Crippen LogP contribution in [0.15, 0.2) is 24.3 Å². The molecule has 1 aliphatic heterocycles. The third-order valence-electron chi connectivity index (χ3n) is 3.89. The van der Waals surface area contributed by atoms with E-state index in [4.69, 9.17) is 9.84 Å². The SMILES string of the molecule is O=C1COc2ccc(CN[C@@H]3C=C[C@@](O)(C(=O)O)CC3)nc2N1. The molecule has 3 rings (SSSR count). The summed E-state index contributed by atoms with van der Waals surface area (Å²) in [4.78, 5) is 26.6. The smallest absolute Gasteiger partial charge is 0.339 e. The number of anilines is 1. The van der Waals surface area contributed by atoms with E-state index in [1.807, 2.05) is 0 Å². The molecule has 1 aromatic rings. The number of rotatable bonds is 4. The van der Waals surface area contributed by atoms with Gasteiger partial charge in [0.1, 0.15) is 0 Å². The molecule has 8 heteroatoms. The first-order valence-corrected chi connectivity index (χ1v) is 7.27. The van der Waals surface area contributed by atoms with Crippen molar-refractivity contribution in [2.75, 3.05) is 11.9 Å². The van der Waals surface area contributed by atoms with E-state index in [1.54, 1.807) is 18.2 Å². The van der Waals surface area contributed by atoms with Gasteiger partial charge in [-0.25, -0.2) is 9.78 Å². The number of carboxylic acid groups (broad SMARTS) is 1. The number of nitrogens with zero attached hydrogens (tertiary/aromatic N) is 1. The number of aliphatic hydroxyl groups is 1. The van der Waals surface area contributed by atoms with Crippen LogP contribution in [0, 0.1) is 0 Å². The molecule has 122 valence electrons. The van der Waals surface area contributed by atoms with E-state index in [-0.39, 0.29) is 25.0 Å². The molecule has 0 radical (unpaired) electrons. The average Bonchev–Trinajstić information content (AvgIpc) is 2.54. The molecule has 2 heterocycles. The lowest BCUT2D eigenvalue weighted by atomic mass is 9.89. The summed E-state index contributed by atoms with van der Waals surface area (Å²) < 4.78 is 5.24. The number of aliphatic carboxylic acids is 1. The summed E-state index contributed by atoms with van der Waals surface area (Å²) in [5, 5.41) is 24.6. The monoisotopic (exact) mass is 319 g/mol. The second-order valence-corrected chi connectivity index (χ2v) is 5.60. The molecule has 1 aromatic heterocycles. The molecule has 1 aliphatic carbocycles. The molecule has 0 fully saturated rings. The number of pyridine rings is 1. The van der Waals surface area contributed by atoms with Crippen LogP contribution in [0.3, 0.4) is 0 Å². The fraction of sp³-hybridized carbons (Fsp3) is 0.400. The highest BCUT2D eigenvalue weighted by molar-refractivity contribution is 5.94. The molecule has 4 N–H and O–H groups in total. The first-order chi connectivity index (χ1) is 11.0. The lowest BCUT2D eigenvalue weighted by Gasteiger charge is -2.27. The standard InChI is InChI=1S/C15H17N3O5/c19-12-8-23-11-2-1-10(17-13(11)18-12)7-16-9-3-5-15(22,6-4-9)14(20)21/h1-3,5,9,16,22H,4,6-8H2,(H,20,21)(H,17,18,19)/t9-,15+/m1/s1. The van der Waals surface area contributed by atoms with Crippen molar-refractivity contribution < 1.29 is 24.5 Å². The maximum atomic E-state index is 11.3. The Kier molecular flexibility index (Phi) is 4.01. The maximum Gasteiger partial charge on any atom is 0.339 e. The van der Waals surface area contributed by atoms with Crippen molar-refractivity contribution in [3.8, 4) is 5.75 Å². The molecule has 0 aromatic carbocycles. The van der Waals surface area contributed by atoms with Gasteiger partial charge in [-0.3, -0.25) is 4.79 Å². The van der Waals surface area contributed by atoms with Gasteiger partial charge < -0.3 is 25.6 Å². The fourth-order valence-electron chi connectivity index (χ4n) is 2.52. The van der Waals surface area contributed by atoms with Gasteiger partial charge >= 0.3 is 5.97 Å². The van der Waals surface area contributed by atoms with E-state index < -0.39 is 11.6 Å². The average molecular weight is 319 g/mol. The Morgan fingerprint density at radius 2 is 2.35 bits per heavy atom. The summed E-state index contributed by atoms with van der Waals surface area (Å²) >= 11 is 0. The molecular formula is C15H17N3O5. The van der Waals surface area contributed by atoms with Crippen molar-refractivity contribution in [2.24, 2.45) is 0 Å². The van der Waals surface area contributed by atoms with Crippen molar-refractivity contribution in [3.05, 3.63) is 30.0 Å². The summed E-state index contributed by atoms with van der Waals surface area (Å²) in [7, 11) is 0. The Morgan fingerprint density at radius 1 is 1.52 bits per heavy atom. The van der Waals surface area contributed by atoms with Gasteiger partial charge in [0.15, 0.2) is 23.8 Å². The number of ether oxygens (including phenoxy) is 1. The van der Waals surface area contributed by atoms with E-state index in [1.165, 1.54) is 6.08 Å². The van der Waals surface area contributed by atoms with Crippen LogP contribution in [-0.4, -0.2) is 45.3 Å². The number of aromatic nitrogens is 1. The minimum Gasteiger partial charge on any atom is -0.480 e. The molecule has 8 nitrogen and oxygen atoms in total. The zero-order valence-electron chi connectivity index (χ0n) is 12.3. The Morgan fingerprint density at radius 3 is 3.04 bits per heavy atom. The van der Waals surface area contributed by atoms with Gasteiger partial charge in [0.05, 0.1) is 5.69 Å². The van der Waals surface area contributed by atoms with E-state index in [2.05, 4.69) is 15.6 Å². The quantitative estimate of drug-likeness (QED) is 0.578. The van der Waals surface area contributed by atoms with Crippen molar-refractivity contribution in [2.45, 2.75) is 31.0 Å². The molecule has 0 saturated heterocycles. The van der Waals surface area contributed by atoms with Crippen molar-refractivity contribution in [3.63, 3.8) is 0 Å². The lowest BCUT2D eigenvalue weighted by Crippen LogP contribution is -2.42. The molecule has 23 heavy (non-hydrogen) atoms. The minimum absolute atomic E-state index is 0.00830. The first-order valence-electron chi connectivity index (χ1n) is 7.27. The van der Waals surface area contributed by atoms with Crippen molar-refractivity contribution in [1.29, 1.82) is 0 Å². The molecule has 0 saturated carbocycles. The zero-order valence-corrected chi connectivity index (χ0v) is 12.3. The molecule has 2 atom stereocenters. The zero-order chi connectivity index (χ0) is 16.4. The van der Waals surface area contributed by atoms with Gasteiger partial charge in [-0.1, -0.05) is 6.08 Å². The lowest BCUT2D eigenvalue weighted by molar-refractivity contribution is -0.154. The number of fused-ring (bicyclic) bond motifs is 1. The predicted molar refractivity (Wildman–Crippen MR) is 79.9 cm³/mol. The van der Waals surface area contributed by atoms with Crippen LogP contribution in [0.1, 0.15) is 18.5 Å². The summed E-state index contributed by atoms with van der Waals surface area (Å²) in [5.41, 5.74) is -1.05. The number of carboxylic acids is 1. The van der Waals surface area contributed by atoms with Gasteiger partial charge in [0, 0.05) is 12.6 Å². The Hall–Kier alpha value is -2.45. The summed E-state index contributed by atoms with van der Waals surface area (Å²) in [6, 6.07) is 3.50. The highest BCUT2D eigenvalue weighted by Gasteiger charge is 2.35. The maximum absolute atomic E-state index is 11.3. The van der Waals surface area contributed by atoms with Crippen LogP contribution >= 0.6 is 0 Å². The Labute approximate surface area is 132 Å². The summed E-state index contributed by atoms with van der Waals surface area (Å²) in [6.07, 6.45) is 3.62. The third kappa shape index (κ3) is 3.33. The largest absolute Gasteiger partial charge is 0.480 e. The van der Waals surface area contributed by atoms with Gasteiger partial charge in [0.2, 0.25) is 0 Å². The van der Waals surface area contributed by atoms with Gasteiger partial charge in [-0.2, -0.15) is 0 Å². The highest BCUT2D eigenvalue weighted by atomic mass is 16.5. The summed E-state index contributed by atoms with van der Waals surface area (Å²) in [6.45, 7) is 0.440. The van der Waals surface area contributed by atoms with Crippen LogP contribution in [0.2, 0.25) is 0 Å². The number of hydrogen-bond donors (Lipinski definition) is 4. The topological polar surface area (TPSA) is 121 Å². The molecule has 1 amide bonds. The number of carbonyl (C=O) groups excluding carboxylic acids is 1. The van der Waals surface area contributed by atoms with E-state index in [0.29, 0.717) is 24.5 Å². The predicted octanol–water partition coefficient (Wildman–Crippen LogP) is 0.0364. The minimum atomic E-state index is -1.77. The molecule has 2 aliphatic rings. The van der Waals surface area contributed by atoms with E-state index in [9.17, 15) is 14.7 Å². The molecule has 0 unspecified atom stereocenters. The Bertz CT molecular complexity index is 675. The van der Waals surface area contributed by atoms with Crippen LogP contribution in [-0.2, 0) is 16.1 Å². The number of hydrogen-bond acceptors (Lipinski definition) is 6. The fourth-order valence-corrected chi connectivity index (χ4v) is 2.52. The summed E-state index contributed by atoms with van der Waals surface area (Å²) in [5.74, 6) is -0.532. The molecule has 0 spiro atoms. The number of nitrogens with one attached hydrogen (secondary N) is 2. The first kappa shape index (κ1) is 15.4. The Balaban J connectivity index is 1.60. The van der Waals surface area contributed by atoms with E-state index >= 15 is 0 Å². The van der Waals surface area contributed by atoms with Crippen molar-refractivity contribution in [1.82, 2.24) is 10.3 Å². The van der Waals surface area contributed by atoms with Gasteiger partial charge in [-0.05, 0) is 31.1 Å².